The second-order valence-corrected chi connectivity index (χ2v) is 4.56. The maximum atomic E-state index is 3.63. The predicted molar refractivity (Wildman–Crippen MR) is 63.4 cm³/mol. The van der Waals surface area contributed by atoms with Crippen molar-refractivity contribution in [2.75, 3.05) is 18.0 Å². The van der Waals surface area contributed by atoms with E-state index >= 15 is 0 Å². The number of benzene rings is 1. The lowest BCUT2D eigenvalue weighted by molar-refractivity contribution is 0.367. The van der Waals surface area contributed by atoms with E-state index in [9.17, 15) is 0 Å². The fraction of sp³-hybridized carbons (Fsp3) is 0.538. The molecule has 2 heterocycles. The van der Waals surface area contributed by atoms with Gasteiger partial charge < -0.3 is 10.2 Å². The number of anilines is 1. The lowest BCUT2D eigenvalue weighted by atomic mass is 9.99. The number of rotatable bonds is 1. The summed E-state index contributed by atoms with van der Waals surface area (Å²) < 4.78 is 0. The van der Waals surface area contributed by atoms with Crippen LogP contribution in [-0.4, -0.2) is 25.2 Å². The van der Waals surface area contributed by atoms with Gasteiger partial charge in [0.15, 0.2) is 0 Å². The molecule has 15 heavy (non-hydrogen) atoms. The van der Waals surface area contributed by atoms with Crippen LogP contribution in [0.3, 0.4) is 0 Å². The molecule has 1 N–H and O–H groups in total. The largest absolute Gasteiger partial charge is 0.365 e. The van der Waals surface area contributed by atoms with Crippen molar-refractivity contribution in [3.63, 3.8) is 0 Å². The van der Waals surface area contributed by atoms with Gasteiger partial charge in [-0.05, 0) is 24.5 Å². The third-order valence-corrected chi connectivity index (χ3v) is 3.79. The molecule has 1 aromatic carbocycles. The van der Waals surface area contributed by atoms with Crippen molar-refractivity contribution in [3.8, 4) is 0 Å². The van der Waals surface area contributed by atoms with Gasteiger partial charge in [-0.1, -0.05) is 25.1 Å². The fourth-order valence-electron chi connectivity index (χ4n) is 3.05. The quantitative estimate of drug-likeness (QED) is 0.747. The van der Waals surface area contributed by atoms with Crippen LogP contribution in [0.15, 0.2) is 24.3 Å². The summed E-state index contributed by atoms with van der Waals surface area (Å²) >= 11 is 0. The molecule has 2 nitrogen and oxygen atoms in total. The molecule has 2 heteroatoms. The second kappa shape index (κ2) is 3.53. The van der Waals surface area contributed by atoms with Crippen LogP contribution < -0.4 is 10.2 Å². The van der Waals surface area contributed by atoms with E-state index < -0.39 is 0 Å². The fourth-order valence-corrected chi connectivity index (χ4v) is 3.05. The molecule has 1 fully saturated rings. The minimum Gasteiger partial charge on any atom is -0.365 e. The van der Waals surface area contributed by atoms with Gasteiger partial charge in [-0.25, -0.2) is 0 Å². The molecule has 2 atom stereocenters. The zero-order valence-electron chi connectivity index (χ0n) is 9.24. The van der Waals surface area contributed by atoms with Crippen molar-refractivity contribution in [1.82, 2.24) is 5.32 Å². The van der Waals surface area contributed by atoms with Crippen molar-refractivity contribution in [2.45, 2.75) is 31.8 Å². The number of fused-ring (bicyclic) bond motifs is 3. The zero-order valence-corrected chi connectivity index (χ0v) is 9.24. The molecule has 0 saturated carbocycles. The molecule has 0 aliphatic carbocycles. The maximum absolute atomic E-state index is 3.63. The average molecular weight is 202 g/mol. The van der Waals surface area contributed by atoms with Gasteiger partial charge in [0.1, 0.15) is 0 Å². The molecule has 0 aromatic heterocycles. The number of hydrogen-bond donors (Lipinski definition) is 1. The Hall–Kier alpha value is -1.02. The lowest BCUT2D eigenvalue weighted by Gasteiger charge is -2.39. The molecule has 2 unspecified atom stereocenters. The number of para-hydroxylation sites is 1. The van der Waals surface area contributed by atoms with E-state index in [0.717, 1.165) is 13.1 Å². The summed E-state index contributed by atoms with van der Waals surface area (Å²) in [6.45, 7) is 4.58. The van der Waals surface area contributed by atoms with Gasteiger partial charge in [0.05, 0.1) is 0 Å². The molecule has 0 amide bonds. The van der Waals surface area contributed by atoms with Crippen LogP contribution in [0.4, 0.5) is 5.69 Å². The van der Waals surface area contributed by atoms with Crippen molar-refractivity contribution in [2.24, 2.45) is 0 Å². The van der Waals surface area contributed by atoms with Gasteiger partial charge in [0.2, 0.25) is 0 Å². The standard InChI is InChI=1S/C13H18N2/c1-2-11-13-9-10-5-3-4-6-12(10)15(13)8-7-14-11/h3-6,11,13-14H,2,7-9H2,1H3. The van der Waals surface area contributed by atoms with E-state index in [1.54, 1.807) is 0 Å². The highest BCUT2D eigenvalue weighted by Gasteiger charge is 2.36. The Morgan fingerprint density at radius 1 is 1.40 bits per heavy atom. The molecule has 3 rings (SSSR count). The predicted octanol–water partition coefficient (Wildman–Crippen LogP) is 1.80. The first-order valence-corrected chi connectivity index (χ1v) is 5.98. The molecular formula is C13H18N2. The topological polar surface area (TPSA) is 15.3 Å². The van der Waals surface area contributed by atoms with Crippen LogP contribution in [0.25, 0.3) is 0 Å². The van der Waals surface area contributed by atoms with Crippen molar-refractivity contribution in [1.29, 1.82) is 0 Å². The van der Waals surface area contributed by atoms with Gasteiger partial charge in [-0.3, -0.25) is 0 Å². The Bertz CT molecular complexity index is 361. The number of hydrogen-bond acceptors (Lipinski definition) is 2. The Labute approximate surface area is 91.3 Å². The van der Waals surface area contributed by atoms with Crippen LogP contribution in [0.5, 0.6) is 0 Å². The minimum absolute atomic E-state index is 0.672. The Morgan fingerprint density at radius 3 is 3.13 bits per heavy atom. The third-order valence-electron chi connectivity index (χ3n) is 3.79. The Balaban J connectivity index is 1.95. The molecule has 0 bridgehead atoms. The van der Waals surface area contributed by atoms with Crippen LogP contribution in [0.2, 0.25) is 0 Å². The first kappa shape index (κ1) is 9.22. The minimum atomic E-state index is 0.672. The average Bonchev–Trinajstić information content (AvgIpc) is 2.67. The first-order valence-electron chi connectivity index (χ1n) is 5.98. The summed E-state index contributed by atoms with van der Waals surface area (Å²) in [6, 6.07) is 10.2. The number of nitrogens with zero attached hydrogens (tertiary/aromatic N) is 1. The highest BCUT2D eigenvalue weighted by molar-refractivity contribution is 5.60. The van der Waals surface area contributed by atoms with Gasteiger partial charge in [-0.15, -0.1) is 0 Å². The summed E-state index contributed by atoms with van der Waals surface area (Å²) in [7, 11) is 0. The SMILES string of the molecule is CCC1NCCN2c3ccccc3CC12. The van der Waals surface area contributed by atoms with Gasteiger partial charge in [-0.2, -0.15) is 0 Å². The lowest BCUT2D eigenvalue weighted by Crippen LogP contribution is -2.56. The Morgan fingerprint density at radius 2 is 2.27 bits per heavy atom. The van der Waals surface area contributed by atoms with Gasteiger partial charge in [0, 0.05) is 30.9 Å². The highest BCUT2D eigenvalue weighted by Crippen LogP contribution is 2.34. The van der Waals surface area contributed by atoms with E-state index in [1.165, 1.54) is 24.1 Å². The first-order chi connectivity index (χ1) is 7.40. The second-order valence-electron chi connectivity index (χ2n) is 4.56. The van der Waals surface area contributed by atoms with Crippen LogP contribution >= 0.6 is 0 Å². The van der Waals surface area contributed by atoms with Crippen molar-refractivity contribution >= 4 is 5.69 Å². The molecule has 80 valence electrons. The van der Waals surface area contributed by atoms with Crippen LogP contribution in [0, 0.1) is 0 Å². The van der Waals surface area contributed by atoms with Crippen molar-refractivity contribution in [3.05, 3.63) is 29.8 Å². The third kappa shape index (κ3) is 1.36. The highest BCUT2D eigenvalue weighted by atomic mass is 15.3. The summed E-state index contributed by atoms with van der Waals surface area (Å²) in [6.07, 6.45) is 2.46. The molecule has 0 spiro atoms. The normalized spacial score (nSPS) is 28.7. The molecular weight excluding hydrogens is 184 g/mol. The molecule has 2 aliphatic rings. The van der Waals surface area contributed by atoms with Gasteiger partial charge in [0.25, 0.3) is 0 Å². The van der Waals surface area contributed by atoms with E-state index in [0.29, 0.717) is 12.1 Å². The van der Waals surface area contributed by atoms with E-state index in [2.05, 4.69) is 41.4 Å². The van der Waals surface area contributed by atoms with Crippen molar-refractivity contribution < 1.29 is 0 Å². The zero-order chi connectivity index (χ0) is 10.3. The smallest absolute Gasteiger partial charge is 0.0484 e. The molecule has 1 aromatic rings. The Kier molecular flexibility index (Phi) is 2.17. The molecule has 2 aliphatic heterocycles. The summed E-state index contributed by atoms with van der Waals surface area (Å²) in [5.74, 6) is 0. The van der Waals surface area contributed by atoms with E-state index in [4.69, 9.17) is 0 Å². The maximum Gasteiger partial charge on any atom is 0.0484 e. The summed E-state index contributed by atoms with van der Waals surface area (Å²) in [5, 5.41) is 3.63. The van der Waals surface area contributed by atoms with Crippen LogP contribution in [0.1, 0.15) is 18.9 Å². The number of nitrogens with one attached hydrogen (secondary N) is 1. The van der Waals surface area contributed by atoms with E-state index in [-0.39, 0.29) is 0 Å². The summed E-state index contributed by atoms with van der Waals surface area (Å²) in [5.41, 5.74) is 3.01. The van der Waals surface area contributed by atoms with Crippen LogP contribution in [-0.2, 0) is 6.42 Å². The monoisotopic (exact) mass is 202 g/mol. The molecule has 0 radical (unpaired) electrons. The molecule has 1 saturated heterocycles. The van der Waals surface area contributed by atoms with E-state index in [1.807, 2.05) is 0 Å². The summed E-state index contributed by atoms with van der Waals surface area (Å²) in [4.78, 5) is 2.60. The number of piperazine rings is 1. The van der Waals surface area contributed by atoms with Gasteiger partial charge >= 0.3 is 0 Å².